The van der Waals surface area contributed by atoms with Crippen molar-refractivity contribution in [3.63, 3.8) is 0 Å². The summed E-state index contributed by atoms with van der Waals surface area (Å²) in [6, 6.07) is 4.09. The van der Waals surface area contributed by atoms with Crippen LogP contribution in [0.3, 0.4) is 0 Å². The van der Waals surface area contributed by atoms with E-state index in [0.29, 0.717) is 12.2 Å². The zero-order chi connectivity index (χ0) is 13.9. The van der Waals surface area contributed by atoms with Crippen LogP contribution >= 0.6 is 0 Å². The van der Waals surface area contributed by atoms with Gasteiger partial charge in [0, 0.05) is 6.54 Å². The lowest BCUT2D eigenvalue weighted by Crippen LogP contribution is -2.45. The Morgan fingerprint density at radius 2 is 2.21 bits per heavy atom. The lowest BCUT2D eigenvalue weighted by atomic mass is 9.99. The zero-order valence-electron chi connectivity index (χ0n) is 11.6. The van der Waals surface area contributed by atoms with Gasteiger partial charge in [-0.15, -0.1) is 0 Å². The van der Waals surface area contributed by atoms with Crippen LogP contribution in [-0.4, -0.2) is 21.2 Å². The van der Waals surface area contributed by atoms with Crippen molar-refractivity contribution < 1.29 is 4.79 Å². The number of rotatable bonds is 4. The molecule has 5 heteroatoms. The first-order valence-electron chi connectivity index (χ1n) is 6.94. The number of aryl methyl sites for hydroxylation is 2. The van der Waals surface area contributed by atoms with Gasteiger partial charge >= 0.3 is 0 Å². The second kappa shape index (κ2) is 5.43. The molecule has 0 aromatic carbocycles. The maximum atomic E-state index is 12.4. The molecule has 0 aliphatic heterocycles. The van der Waals surface area contributed by atoms with Crippen LogP contribution in [-0.2, 0) is 13.0 Å². The minimum absolute atomic E-state index is 0.183. The molecule has 0 spiro atoms. The fourth-order valence-electron chi connectivity index (χ4n) is 2.59. The van der Waals surface area contributed by atoms with E-state index in [2.05, 4.69) is 16.5 Å². The highest BCUT2D eigenvalue weighted by Gasteiger charge is 2.36. The third kappa shape index (κ3) is 2.62. The number of hydrogen-bond acceptors (Lipinski definition) is 3. The molecule has 19 heavy (non-hydrogen) atoms. The summed E-state index contributed by atoms with van der Waals surface area (Å²) in [6.45, 7) is 4.62. The van der Waals surface area contributed by atoms with Gasteiger partial charge in [0.05, 0.1) is 11.8 Å². The Bertz CT molecular complexity index is 506. The van der Waals surface area contributed by atoms with Crippen LogP contribution in [0.1, 0.15) is 55.7 Å². The van der Waals surface area contributed by atoms with E-state index >= 15 is 0 Å². The lowest BCUT2D eigenvalue weighted by molar-refractivity contribution is 0.0909. The van der Waals surface area contributed by atoms with E-state index in [9.17, 15) is 10.1 Å². The van der Waals surface area contributed by atoms with E-state index in [1.54, 1.807) is 4.68 Å². The molecule has 1 saturated carbocycles. The minimum Gasteiger partial charge on any atom is -0.332 e. The quantitative estimate of drug-likeness (QED) is 0.900. The minimum atomic E-state index is -0.674. The standard InChI is InChI=1S/C14H20N4O/c1-3-11-9-12(18(4-2)17-11)13(19)16-14(10-15)7-5-6-8-14/h9H,3-8H2,1-2H3,(H,16,19). The van der Waals surface area contributed by atoms with E-state index in [4.69, 9.17) is 0 Å². The lowest BCUT2D eigenvalue weighted by Gasteiger charge is -2.21. The summed E-state index contributed by atoms with van der Waals surface area (Å²) in [7, 11) is 0. The van der Waals surface area contributed by atoms with Gasteiger partial charge in [-0.05, 0) is 45.1 Å². The topological polar surface area (TPSA) is 70.7 Å². The molecule has 1 amide bonds. The van der Waals surface area contributed by atoms with E-state index in [1.165, 1.54) is 0 Å². The van der Waals surface area contributed by atoms with Gasteiger partial charge in [0.1, 0.15) is 11.2 Å². The third-order valence-electron chi connectivity index (χ3n) is 3.75. The smallest absolute Gasteiger partial charge is 0.270 e. The highest BCUT2D eigenvalue weighted by Crippen LogP contribution is 2.29. The fraction of sp³-hybridized carbons (Fsp3) is 0.643. The van der Waals surface area contributed by atoms with Crippen LogP contribution in [0.5, 0.6) is 0 Å². The van der Waals surface area contributed by atoms with Crippen molar-refractivity contribution in [2.45, 2.75) is 58.0 Å². The molecule has 0 atom stereocenters. The Morgan fingerprint density at radius 3 is 2.74 bits per heavy atom. The summed E-state index contributed by atoms with van der Waals surface area (Å²) in [5, 5.41) is 16.6. The van der Waals surface area contributed by atoms with E-state index in [-0.39, 0.29) is 5.91 Å². The van der Waals surface area contributed by atoms with Gasteiger partial charge in [0.15, 0.2) is 0 Å². The Kier molecular flexibility index (Phi) is 3.89. The van der Waals surface area contributed by atoms with Crippen molar-refractivity contribution in [3.8, 4) is 6.07 Å². The molecule has 1 aromatic heterocycles. The molecule has 1 heterocycles. The molecule has 0 radical (unpaired) electrons. The molecule has 1 N–H and O–H groups in total. The normalized spacial score (nSPS) is 17.1. The van der Waals surface area contributed by atoms with Gasteiger partial charge in [0.25, 0.3) is 5.91 Å². The molecular weight excluding hydrogens is 240 g/mol. The summed E-state index contributed by atoms with van der Waals surface area (Å²) in [6.07, 6.45) is 4.30. The first-order valence-corrected chi connectivity index (χ1v) is 6.94. The number of nitrogens with one attached hydrogen (secondary N) is 1. The van der Waals surface area contributed by atoms with Crippen molar-refractivity contribution in [2.24, 2.45) is 0 Å². The number of amides is 1. The molecule has 0 bridgehead atoms. The first kappa shape index (κ1) is 13.6. The molecule has 1 fully saturated rings. The number of hydrogen-bond donors (Lipinski definition) is 1. The van der Waals surface area contributed by atoms with Gasteiger partial charge in [0.2, 0.25) is 0 Å². The van der Waals surface area contributed by atoms with E-state index in [1.807, 2.05) is 19.9 Å². The van der Waals surface area contributed by atoms with Crippen LogP contribution in [0.15, 0.2) is 6.07 Å². The molecule has 0 saturated heterocycles. The predicted octanol–water partition coefficient (Wildman–Crippen LogP) is 2.03. The summed E-state index contributed by atoms with van der Waals surface area (Å²) in [5.74, 6) is -0.183. The summed E-state index contributed by atoms with van der Waals surface area (Å²) in [4.78, 5) is 12.4. The van der Waals surface area contributed by atoms with Crippen LogP contribution in [0.4, 0.5) is 0 Å². The second-order valence-electron chi connectivity index (χ2n) is 5.05. The molecule has 5 nitrogen and oxygen atoms in total. The van der Waals surface area contributed by atoms with Gasteiger partial charge in [-0.3, -0.25) is 9.48 Å². The Hall–Kier alpha value is -1.83. The molecule has 102 valence electrons. The third-order valence-corrected chi connectivity index (χ3v) is 3.75. The monoisotopic (exact) mass is 260 g/mol. The van der Waals surface area contributed by atoms with Crippen molar-refractivity contribution >= 4 is 5.91 Å². The summed E-state index contributed by atoms with van der Waals surface area (Å²) in [5.41, 5.74) is 0.789. The van der Waals surface area contributed by atoms with Crippen molar-refractivity contribution in [2.75, 3.05) is 0 Å². The first-order chi connectivity index (χ1) is 9.14. The highest BCUT2D eigenvalue weighted by atomic mass is 16.2. The number of carbonyl (C=O) groups excluding carboxylic acids is 1. The Balaban J connectivity index is 2.20. The number of nitrogens with zero attached hydrogens (tertiary/aromatic N) is 3. The second-order valence-corrected chi connectivity index (χ2v) is 5.05. The molecule has 2 rings (SSSR count). The van der Waals surface area contributed by atoms with Gasteiger partial charge < -0.3 is 5.32 Å². The van der Waals surface area contributed by atoms with E-state index < -0.39 is 5.54 Å². The van der Waals surface area contributed by atoms with Crippen LogP contribution in [0.25, 0.3) is 0 Å². The predicted molar refractivity (Wildman–Crippen MR) is 71.6 cm³/mol. The average Bonchev–Trinajstić information content (AvgIpc) is 3.05. The molecule has 0 unspecified atom stereocenters. The highest BCUT2D eigenvalue weighted by molar-refractivity contribution is 5.93. The summed E-state index contributed by atoms with van der Waals surface area (Å²) < 4.78 is 1.70. The van der Waals surface area contributed by atoms with Gasteiger partial charge in [-0.2, -0.15) is 10.4 Å². The Labute approximate surface area is 113 Å². The SMILES string of the molecule is CCc1cc(C(=O)NC2(C#N)CCCC2)n(CC)n1. The molecular formula is C14H20N4O. The zero-order valence-corrected chi connectivity index (χ0v) is 11.6. The summed E-state index contributed by atoms with van der Waals surface area (Å²) >= 11 is 0. The van der Waals surface area contributed by atoms with Crippen molar-refractivity contribution in [1.82, 2.24) is 15.1 Å². The van der Waals surface area contributed by atoms with E-state index in [0.717, 1.165) is 37.8 Å². The van der Waals surface area contributed by atoms with Crippen LogP contribution < -0.4 is 5.32 Å². The van der Waals surface area contributed by atoms with Crippen molar-refractivity contribution in [3.05, 3.63) is 17.5 Å². The maximum absolute atomic E-state index is 12.4. The van der Waals surface area contributed by atoms with Gasteiger partial charge in [-0.25, -0.2) is 0 Å². The largest absolute Gasteiger partial charge is 0.332 e. The number of carbonyl (C=O) groups is 1. The fourth-order valence-corrected chi connectivity index (χ4v) is 2.59. The number of nitriles is 1. The molecule has 1 aliphatic carbocycles. The van der Waals surface area contributed by atoms with Crippen LogP contribution in [0, 0.1) is 11.3 Å². The maximum Gasteiger partial charge on any atom is 0.270 e. The van der Waals surface area contributed by atoms with Crippen LogP contribution in [0.2, 0.25) is 0 Å². The number of aromatic nitrogens is 2. The van der Waals surface area contributed by atoms with Crippen molar-refractivity contribution in [1.29, 1.82) is 5.26 Å². The molecule has 1 aromatic rings. The Morgan fingerprint density at radius 1 is 1.53 bits per heavy atom. The average molecular weight is 260 g/mol. The van der Waals surface area contributed by atoms with Gasteiger partial charge in [-0.1, -0.05) is 6.92 Å². The molecule has 1 aliphatic rings.